The van der Waals surface area contributed by atoms with Crippen LogP contribution in [0.5, 0.6) is 0 Å². The lowest BCUT2D eigenvalue weighted by molar-refractivity contribution is 0.663. The molecule has 0 aliphatic carbocycles. The van der Waals surface area contributed by atoms with Gasteiger partial charge in [0.15, 0.2) is 0 Å². The molecule has 0 radical (unpaired) electrons. The second-order valence-corrected chi connectivity index (χ2v) is 15.1. The second-order valence-electron chi connectivity index (χ2n) is 15.1. The average Bonchev–Trinajstić information content (AvgIpc) is 3.87. The van der Waals surface area contributed by atoms with Crippen LogP contribution in [-0.4, -0.2) is 0 Å². The number of rotatable bonds is 5. The smallest absolute Gasteiger partial charge is 0.147 e. The highest BCUT2D eigenvalue weighted by molar-refractivity contribution is 6.26. The van der Waals surface area contributed by atoms with E-state index < -0.39 is 0 Å². The SMILES string of the molecule is c1ccc(-c2ccc(-c3c4ccccc4c(-c4ccc(-c5ccccc5)cc4)c4cc(-c5cc6c7ccccc7oc6c6c5oc5ccccc56)ccc34)cc2)cc1. The number of fused-ring (bicyclic) bond motifs is 9. The molecule has 0 aliphatic heterocycles. The van der Waals surface area contributed by atoms with E-state index in [2.05, 4.69) is 182 Å². The average molecular weight is 739 g/mol. The normalized spacial score (nSPS) is 11.8. The highest BCUT2D eigenvalue weighted by Gasteiger charge is 2.23. The third-order valence-corrected chi connectivity index (χ3v) is 11.9. The molecule has 0 amide bonds. The maximum Gasteiger partial charge on any atom is 0.147 e. The topological polar surface area (TPSA) is 26.3 Å². The largest absolute Gasteiger partial charge is 0.455 e. The molecule has 2 aromatic heterocycles. The van der Waals surface area contributed by atoms with E-state index in [0.29, 0.717) is 0 Å². The van der Waals surface area contributed by atoms with Crippen LogP contribution >= 0.6 is 0 Å². The number of hydrogen-bond acceptors (Lipinski definition) is 2. The summed E-state index contributed by atoms with van der Waals surface area (Å²) in [6.45, 7) is 0. The summed E-state index contributed by atoms with van der Waals surface area (Å²) < 4.78 is 13.4. The van der Waals surface area contributed by atoms with Crippen molar-refractivity contribution in [1.29, 1.82) is 0 Å². The number of furan rings is 2. The van der Waals surface area contributed by atoms with Gasteiger partial charge in [-0.1, -0.05) is 182 Å². The van der Waals surface area contributed by atoms with E-state index in [9.17, 15) is 0 Å². The monoisotopic (exact) mass is 738 g/mol. The van der Waals surface area contributed by atoms with Crippen molar-refractivity contribution in [2.24, 2.45) is 0 Å². The third-order valence-electron chi connectivity index (χ3n) is 11.9. The van der Waals surface area contributed by atoms with E-state index in [0.717, 1.165) is 55.0 Å². The molecule has 0 N–H and O–H groups in total. The van der Waals surface area contributed by atoms with Gasteiger partial charge in [0.25, 0.3) is 0 Å². The fourth-order valence-corrected chi connectivity index (χ4v) is 9.17. The van der Waals surface area contributed by atoms with Gasteiger partial charge in [0, 0.05) is 21.7 Å². The van der Waals surface area contributed by atoms with Gasteiger partial charge in [-0.05, 0) is 95.9 Å². The van der Waals surface area contributed by atoms with Gasteiger partial charge in [-0.15, -0.1) is 0 Å². The Morgan fingerprint density at radius 2 is 0.655 bits per heavy atom. The Bertz CT molecular complexity index is 3520. The van der Waals surface area contributed by atoms with E-state index in [1.807, 2.05) is 24.3 Å². The molecule has 2 heterocycles. The summed E-state index contributed by atoms with van der Waals surface area (Å²) in [6.07, 6.45) is 0. The van der Waals surface area contributed by atoms with Crippen LogP contribution in [0.15, 0.2) is 215 Å². The van der Waals surface area contributed by atoms with Crippen molar-refractivity contribution in [3.8, 4) is 55.6 Å². The zero-order valence-corrected chi connectivity index (χ0v) is 31.4. The van der Waals surface area contributed by atoms with Crippen molar-refractivity contribution >= 4 is 65.4 Å². The predicted octanol–water partition coefficient (Wildman–Crippen LogP) is 16.1. The fraction of sp³-hybridized carbons (Fsp3) is 0. The summed E-state index contributed by atoms with van der Waals surface area (Å²) in [5.74, 6) is 0. The van der Waals surface area contributed by atoms with Gasteiger partial charge in [0.2, 0.25) is 0 Å². The molecule has 0 aliphatic rings. The Morgan fingerprint density at radius 3 is 1.26 bits per heavy atom. The molecule has 12 rings (SSSR count). The van der Waals surface area contributed by atoms with Crippen molar-refractivity contribution < 1.29 is 8.83 Å². The molecule has 0 saturated carbocycles. The van der Waals surface area contributed by atoms with Gasteiger partial charge >= 0.3 is 0 Å². The molecule has 0 unspecified atom stereocenters. The van der Waals surface area contributed by atoms with Crippen LogP contribution in [0, 0.1) is 0 Å². The Morgan fingerprint density at radius 1 is 0.241 bits per heavy atom. The Hall–Kier alpha value is -7.68. The van der Waals surface area contributed by atoms with Crippen LogP contribution in [0.25, 0.3) is 121 Å². The van der Waals surface area contributed by atoms with Crippen molar-refractivity contribution in [3.63, 3.8) is 0 Å². The van der Waals surface area contributed by atoms with Crippen LogP contribution < -0.4 is 0 Å². The lowest BCUT2D eigenvalue weighted by Gasteiger charge is -2.19. The molecule has 0 bridgehead atoms. The third kappa shape index (κ3) is 5.05. The maximum absolute atomic E-state index is 6.78. The van der Waals surface area contributed by atoms with Crippen LogP contribution in [0.1, 0.15) is 0 Å². The first-order chi connectivity index (χ1) is 28.8. The predicted molar refractivity (Wildman–Crippen MR) is 243 cm³/mol. The van der Waals surface area contributed by atoms with Gasteiger partial charge in [0.1, 0.15) is 22.3 Å². The second kappa shape index (κ2) is 12.9. The molecule has 270 valence electrons. The lowest BCUT2D eigenvalue weighted by Crippen LogP contribution is -1.92. The van der Waals surface area contributed by atoms with Gasteiger partial charge in [-0.3, -0.25) is 0 Å². The first kappa shape index (κ1) is 32.6. The van der Waals surface area contributed by atoms with Crippen molar-refractivity contribution in [2.45, 2.75) is 0 Å². The molecule has 12 aromatic rings. The Balaban J connectivity index is 1.15. The highest BCUT2D eigenvalue weighted by atomic mass is 16.3. The first-order valence-electron chi connectivity index (χ1n) is 19.8. The minimum absolute atomic E-state index is 0.832. The summed E-state index contributed by atoms with van der Waals surface area (Å²) in [5.41, 5.74) is 15.2. The minimum Gasteiger partial charge on any atom is -0.455 e. The van der Waals surface area contributed by atoms with E-state index >= 15 is 0 Å². The first-order valence-corrected chi connectivity index (χ1v) is 19.8. The number of benzene rings is 10. The van der Waals surface area contributed by atoms with E-state index in [-0.39, 0.29) is 0 Å². The van der Waals surface area contributed by atoms with Gasteiger partial charge in [-0.2, -0.15) is 0 Å². The highest BCUT2D eigenvalue weighted by Crippen LogP contribution is 2.48. The number of hydrogen-bond donors (Lipinski definition) is 0. The summed E-state index contributed by atoms with van der Waals surface area (Å²) in [6, 6.07) is 74.1. The molecule has 58 heavy (non-hydrogen) atoms. The summed E-state index contributed by atoms with van der Waals surface area (Å²) >= 11 is 0. The van der Waals surface area contributed by atoms with Gasteiger partial charge < -0.3 is 8.83 Å². The number of para-hydroxylation sites is 2. The molecule has 0 fully saturated rings. The van der Waals surface area contributed by atoms with Crippen molar-refractivity contribution in [2.75, 3.05) is 0 Å². The molecule has 0 saturated heterocycles. The fourth-order valence-electron chi connectivity index (χ4n) is 9.17. The van der Waals surface area contributed by atoms with Crippen molar-refractivity contribution in [1.82, 2.24) is 0 Å². The molecule has 0 atom stereocenters. The van der Waals surface area contributed by atoms with Crippen LogP contribution in [0.4, 0.5) is 0 Å². The van der Waals surface area contributed by atoms with Gasteiger partial charge in [0.05, 0.1) is 5.39 Å². The van der Waals surface area contributed by atoms with E-state index in [1.54, 1.807) is 0 Å². The molecule has 2 heteroatoms. The van der Waals surface area contributed by atoms with Crippen LogP contribution in [-0.2, 0) is 0 Å². The molecule has 2 nitrogen and oxygen atoms in total. The lowest BCUT2D eigenvalue weighted by atomic mass is 9.84. The van der Waals surface area contributed by atoms with E-state index in [4.69, 9.17) is 8.83 Å². The quantitative estimate of drug-likeness (QED) is 0.164. The van der Waals surface area contributed by atoms with Crippen LogP contribution in [0.3, 0.4) is 0 Å². The zero-order valence-electron chi connectivity index (χ0n) is 31.4. The summed E-state index contributed by atoms with van der Waals surface area (Å²) in [7, 11) is 0. The van der Waals surface area contributed by atoms with Crippen LogP contribution in [0.2, 0.25) is 0 Å². The minimum atomic E-state index is 0.832. The standard InChI is InChI=1S/C56H34O2/c1-3-13-35(14-4-1)37-23-27-39(28-24-37)52-43-18-7-8-19-44(43)53(40-29-25-38(26-30-40)36-15-5-2-6-16-36)48-33-41(31-32-45(48)52)47-34-49-42-17-9-11-21-50(42)57-56(49)54-46-20-10-12-22-51(46)58-55(47)54/h1-34H. The molecule has 0 spiro atoms. The zero-order chi connectivity index (χ0) is 38.2. The van der Waals surface area contributed by atoms with Gasteiger partial charge in [-0.25, -0.2) is 0 Å². The maximum atomic E-state index is 6.78. The molecular formula is C56H34O2. The molecule has 10 aromatic carbocycles. The Kier molecular flexibility index (Phi) is 7.26. The molecular weight excluding hydrogens is 705 g/mol. The summed E-state index contributed by atoms with van der Waals surface area (Å²) in [4.78, 5) is 0. The summed E-state index contributed by atoms with van der Waals surface area (Å²) in [5, 5.41) is 9.07. The van der Waals surface area contributed by atoms with Crippen molar-refractivity contribution in [3.05, 3.63) is 206 Å². The van der Waals surface area contributed by atoms with E-state index in [1.165, 1.54) is 66.1 Å². The Labute approximate surface area is 334 Å².